The summed E-state index contributed by atoms with van der Waals surface area (Å²) in [6.45, 7) is 23.6. The summed E-state index contributed by atoms with van der Waals surface area (Å²) in [6.07, 6.45) is 8.17. The van der Waals surface area contributed by atoms with Gasteiger partial charge in [0.05, 0.1) is 48.6 Å². The van der Waals surface area contributed by atoms with Crippen molar-refractivity contribution in [2.45, 2.75) is 119 Å². The van der Waals surface area contributed by atoms with Gasteiger partial charge in [0.1, 0.15) is 53.4 Å². The predicted octanol–water partition coefficient (Wildman–Crippen LogP) is 8.62. The number of likely N-dealkylation sites (tertiary alicyclic amines) is 1. The van der Waals surface area contributed by atoms with Crippen LogP contribution in [0.2, 0.25) is 0 Å². The van der Waals surface area contributed by atoms with Crippen molar-refractivity contribution >= 4 is 45.2 Å². The van der Waals surface area contributed by atoms with E-state index < -0.39 is 58.9 Å². The molecule has 1 saturated heterocycles. The number of amides is 1. The minimum absolute atomic E-state index is 0.0119. The zero-order chi connectivity index (χ0) is 49.6. The molecule has 366 valence electrons. The lowest BCUT2D eigenvalue weighted by Gasteiger charge is -2.39. The summed E-state index contributed by atoms with van der Waals surface area (Å²) in [5, 5.41) is 25.9. The van der Waals surface area contributed by atoms with Crippen molar-refractivity contribution in [2.75, 3.05) is 38.7 Å². The molecule has 1 aliphatic carbocycles. The summed E-state index contributed by atoms with van der Waals surface area (Å²) in [4.78, 5) is 61.2. The van der Waals surface area contributed by atoms with E-state index in [1.165, 1.54) is 47.0 Å². The Balaban J connectivity index is 1.39. The summed E-state index contributed by atoms with van der Waals surface area (Å²) >= 11 is 0. The number of aromatic nitrogens is 1. The molecule has 5 aliphatic rings. The average Bonchev–Trinajstić information content (AvgIpc) is 3.90. The number of anilines is 1. The number of phenolic OH excluding ortho intramolecular Hbond substituents is 1. The van der Waals surface area contributed by atoms with Crippen LogP contribution >= 0.6 is 0 Å². The molecule has 0 spiro atoms. The molecule has 0 radical (unpaired) electrons. The number of nitrogens with zero attached hydrogens (tertiary/aromatic N) is 2. The number of aliphatic hydroxyl groups excluding tert-OH is 1. The van der Waals surface area contributed by atoms with Crippen LogP contribution in [0, 0.1) is 36.5 Å². The highest BCUT2D eigenvalue weighted by Crippen LogP contribution is 2.50. The van der Waals surface area contributed by atoms with Crippen LogP contribution in [0.3, 0.4) is 0 Å². The first-order chi connectivity index (χ1) is 32.1. The summed E-state index contributed by atoms with van der Waals surface area (Å²) in [7, 11) is 1.51. The third-order valence-electron chi connectivity index (χ3n) is 15.2. The topological polar surface area (TPSA) is 193 Å². The zero-order valence-corrected chi connectivity index (χ0v) is 41.4. The molecule has 3 N–H and O–H groups in total. The molecule has 1 amide bonds. The lowest BCUT2D eigenvalue weighted by Crippen LogP contribution is -2.52. The van der Waals surface area contributed by atoms with Crippen molar-refractivity contribution in [1.29, 1.82) is 0 Å². The molecular weight excluding hydrogens is 871 g/mol. The van der Waals surface area contributed by atoms with Crippen molar-refractivity contribution in [3.8, 4) is 28.7 Å². The molecule has 7 rings (SSSR count). The van der Waals surface area contributed by atoms with Gasteiger partial charge in [-0.25, -0.2) is 4.98 Å². The van der Waals surface area contributed by atoms with Crippen LogP contribution in [0.4, 0.5) is 5.69 Å². The van der Waals surface area contributed by atoms with Crippen molar-refractivity contribution < 1.29 is 57.2 Å². The second-order valence-corrected chi connectivity index (χ2v) is 19.8. The van der Waals surface area contributed by atoms with Gasteiger partial charge < -0.3 is 48.1 Å². The second-order valence-electron chi connectivity index (χ2n) is 19.8. The van der Waals surface area contributed by atoms with E-state index in [0.717, 1.165) is 24.1 Å². The van der Waals surface area contributed by atoms with Crippen LogP contribution < -0.4 is 20.2 Å². The molecule has 15 heteroatoms. The first kappa shape index (κ1) is 50.1. The van der Waals surface area contributed by atoms with E-state index in [4.69, 9.17) is 33.1 Å². The molecule has 68 heavy (non-hydrogen) atoms. The molecule has 9 atom stereocenters. The minimum atomic E-state index is -2.00. The Morgan fingerprint density at radius 3 is 2.37 bits per heavy atom. The van der Waals surface area contributed by atoms with Crippen molar-refractivity contribution in [1.82, 2.24) is 4.98 Å². The van der Waals surface area contributed by atoms with Gasteiger partial charge in [0.25, 0.3) is 11.7 Å². The van der Waals surface area contributed by atoms with E-state index in [2.05, 4.69) is 19.2 Å². The number of Topliss-reactive ketones (excluding diaryl/α,β-unsaturated/α-hetero) is 1. The van der Waals surface area contributed by atoms with Crippen LogP contribution in [0.25, 0.3) is 33.3 Å². The summed E-state index contributed by atoms with van der Waals surface area (Å²) in [5.74, 6) is -5.33. The smallest absolute Gasteiger partial charge is 0.312 e. The Labute approximate surface area is 398 Å². The van der Waals surface area contributed by atoms with Gasteiger partial charge in [-0.2, -0.15) is 0 Å². The highest BCUT2D eigenvalue weighted by atomic mass is 16.7. The Kier molecular flexibility index (Phi) is 14.5. The van der Waals surface area contributed by atoms with Crippen LogP contribution in [0.5, 0.6) is 17.2 Å². The standard InChI is InChI=1S/C53H67N3O12/c1-27(2)56(21-13-14-22-56)23-25-64-36-18-19-37-39(26-36)67-50-43(54-37)40-41-46(59)34(9)49-42(40)51(61)53(11,68-49)65-24-20-38(63-12)33(8)48(66-35(10)57)32(7)30(5)31(6)45(58)28(3)16-15-17-29(4)52(62)55-44(50)47(41)60/h15-20,24,26-28,30-33,38,45,48,58H,13-14,21-23,25H2,1-12H3,(H-,54,55,59,60,61,62)/p+1/b16-15+,24-20+,29-17-/t28-,30+,31-,32+,33+,38-,45-,48-,53-/m0/s1. The van der Waals surface area contributed by atoms with E-state index in [0.29, 0.717) is 23.9 Å². The number of aliphatic hydroxyl groups is 1. The third-order valence-corrected chi connectivity index (χ3v) is 15.2. The number of esters is 1. The number of methoxy groups -OCH3 is 1. The van der Waals surface area contributed by atoms with Gasteiger partial charge in [0, 0.05) is 68.2 Å². The van der Waals surface area contributed by atoms with Crippen molar-refractivity contribution in [2.24, 2.45) is 29.6 Å². The number of carbonyl (C=O) groups excluding carboxylic acids is 3. The molecular formula is C53H68N3O12+. The maximum absolute atomic E-state index is 14.9. The number of hydrogen-bond acceptors (Lipinski definition) is 13. The number of phenols is 1. The number of quaternary nitrogens is 1. The average molecular weight is 939 g/mol. The number of ether oxygens (including phenoxy) is 5. The van der Waals surface area contributed by atoms with Crippen LogP contribution in [-0.4, -0.2) is 101 Å². The fraction of sp³-hybridized carbons (Fsp3) is 0.528. The number of rotatable bonds is 7. The van der Waals surface area contributed by atoms with Gasteiger partial charge in [-0.1, -0.05) is 52.8 Å². The van der Waals surface area contributed by atoms with Gasteiger partial charge in [-0.15, -0.1) is 0 Å². The van der Waals surface area contributed by atoms with E-state index in [1.54, 1.807) is 49.4 Å². The number of hydrogen-bond donors (Lipinski definition) is 3. The van der Waals surface area contributed by atoms with E-state index in [-0.39, 0.29) is 79.6 Å². The first-order valence-corrected chi connectivity index (χ1v) is 23.9. The maximum Gasteiger partial charge on any atom is 0.312 e. The summed E-state index contributed by atoms with van der Waals surface area (Å²) < 4.78 is 38.1. The molecule has 15 nitrogen and oxygen atoms in total. The van der Waals surface area contributed by atoms with Crippen molar-refractivity contribution in [3.63, 3.8) is 0 Å². The first-order valence-electron chi connectivity index (χ1n) is 23.9. The predicted molar refractivity (Wildman–Crippen MR) is 259 cm³/mol. The number of nitrogens with one attached hydrogen (secondary N) is 1. The molecule has 1 fully saturated rings. The monoisotopic (exact) mass is 938 g/mol. The highest BCUT2D eigenvalue weighted by Gasteiger charge is 2.50. The molecule has 2 aromatic carbocycles. The van der Waals surface area contributed by atoms with Gasteiger partial charge in [-0.05, 0) is 63.7 Å². The number of fused-ring (bicyclic) bond motifs is 2. The van der Waals surface area contributed by atoms with Crippen LogP contribution in [0.15, 0.2) is 63.6 Å². The molecule has 0 saturated carbocycles. The summed E-state index contributed by atoms with van der Waals surface area (Å²) in [5.41, 5.74) is -0.252. The quantitative estimate of drug-likeness (QED) is 0.0691. The van der Waals surface area contributed by atoms with E-state index in [1.807, 2.05) is 34.6 Å². The molecule has 4 heterocycles. The van der Waals surface area contributed by atoms with Gasteiger partial charge >= 0.3 is 11.8 Å². The number of benzene rings is 3. The van der Waals surface area contributed by atoms with E-state index in [9.17, 15) is 29.4 Å². The van der Waals surface area contributed by atoms with Gasteiger partial charge in [-0.3, -0.25) is 19.2 Å². The highest BCUT2D eigenvalue weighted by molar-refractivity contribution is 6.22. The van der Waals surface area contributed by atoms with Crippen molar-refractivity contribution in [3.05, 3.63) is 75.7 Å². The molecule has 0 aromatic heterocycles. The fourth-order valence-corrected chi connectivity index (χ4v) is 10.4. The Morgan fingerprint density at radius 1 is 1.00 bits per heavy atom. The molecule has 2 aromatic rings. The Hall–Kier alpha value is -5.77. The summed E-state index contributed by atoms with van der Waals surface area (Å²) in [6, 6.07) is 5.64. The molecule has 4 aliphatic heterocycles. The van der Waals surface area contributed by atoms with Crippen LogP contribution in [0.1, 0.15) is 98.0 Å². The van der Waals surface area contributed by atoms with Gasteiger partial charge in [0.15, 0.2) is 11.3 Å². The minimum Gasteiger partial charge on any atom is -0.507 e. The fourth-order valence-electron chi connectivity index (χ4n) is 10.4. The van der Waals surface area contributed by atoms with E-state index >= 15 is 0 Å². The Morgan fingerprint density at radius 2 is 1.71 bits per heavy atom. The largest absolute Gasteiger partial charge is 0.507 e. The maximum atomic E-state index is 14.9. The number of carbonyl (C=O) groups is 3. The Bertz CT molecular complexity index is 2710. The number of aromatic hydroxyl groups is 1. The molecule has 4 bridgehead atoms. The normalized spacial score (nSPS) is 29.7. The third kappa shape index (κ3) is 9.24. The SMILES string of the molecule is CO[C@H]1/C=C/O[C@@]2(C)Oc3c(C)c(O)c4c(=O)c(c5oc6cc(OCC[N+]7(C(C)C)CCCC7)ccc6nc-5c4c3C2=O)NC(=O)/C(C)=C\C=C\[C@H](C)[C@H](O)[C@@H](C)[C@@H](C)[C@@H](C)[C@H](OC(C)=O)[C@@H]1C. The van der Waals surface area contributed by atoms with Gasteiger partial charge in [0.2, 0.25) is 5.43 Å². The number of ketones is 1. The number of allylic oxidation sites excluding steroid dienone is 2. The molecule has 0 unspecified atom stereocenters. The lowest BCUT2D eigenvalue weighted by atomic mass is 9.73. The lowest BCUT2D eigenvalue weighted by molar-refractivity contribution is -0.936. The zero-order valence-electron chi connectivity index (χ0n) is 41.4. The second kappa shape index (κ2) is 19.7. The van der Waals surface area contributed by atoms with Crippen LogP contribution in [-0.2, 0) is 23.8 Å².